The molecule has 0 unspecified atom stereocenters. The fourth-order valence-corrected chi connectivity index (χ4v) is 1.72. The molecule has 0 fully saturated rings. The summed E-state index contributed by atoms with van der Waals surface area (Å²) in [6.07, 6.45) is 2.09. The quantitative estimate of drug-likeness (QED) is 0.509. The molecule has 0 radical (unpaired) electrons. The number of hydrogen-bond donors (Lipinski definition) is 1. The second-order valence-electron chi connectivity index (χ2n) is 3.65. The van der Waals surface area contributed by atoms with Gasteiger partial charge in [0.1, 0.15) is 0 Å². The number of methoxy groups -OCH3 is 1. The van der Waals surface area contributed by atoms with E-state index in [1.165, 1.54) is 0 Å². The van der Waals surface area contributed by atoms with E-state index >= 15 is 0 Å². The summed E-state index contributed by atoms with van der Waals surface area (Å²) in [7, 11) is -1.69. The Hall–Kier alpha value is -0.210. The molecule has 0 atom stereocenters. The van der Waals surface area contributed by atoms with E-state index in [1.807, 2.05) is 0 Å². The van der Waals surface area contributed by atoms with Crippen molar-refractivity contribution in [3.63, 3.8) is 0 Å². The van der Waals surface area contributed by atoms with Crippen molar-refractivity contribution >= 4 is 10.0 Å². The van der Waals surface area contributed by atoms with Gasteiger partial charge in [0.05, 0.1) is 19.0 Å². The lowest BCUT2D eigenvalue weighted by Gasteiger charge is -2.05. The predicted molar refractivity (Wildman–Crippen MR) is 65.3 cm³/mol. The van der Waals surface area contributed by atoms with Crippen molar-refractivity contribution in [2.75, 3.05) is 45.9 Å². The molecule has 7 heteroatoms. The van der Waals surface area contributed by atoms with Crippen molar-refractivity contribution in [3.8, 4) is 0 Å². The van der Waals surface area contributed by atoms with Gasteiger partial charge >= 0.3 is 0 Å². The Morgan fingerprint density at radius 3 is 2.06 bits per heavy atom. The Morgan fingerprint density at radius 2 is 1.47 bits per heavy atom. The zero-order valence-corrected chi connectivity index (χ0v) is 11.2. The Bertz CT molecular complexity index is 255. The molecular weight excluding hydrogens is 246 g/mol. The average molecular weight is 269 g/mol. The van der Waals surface area contributed by atoms with Crippen LogP contribution in [0.1, 0.15) is 19.3 Å². The van der Waals surface area contributed by atoms with Crippen LogP contribution >= 0.6 is 0 Å². The van der Waals surface area contributed by atoms with Gasteiger partial charge in [0.25, 0.3) is 0 Å². The fraction of sp³-hybridized carbons (Fsp3) is 1.00. The summed E-state index contributed by atoms with van der Waals surface area (Å²) in [5.74, 6) is 0.0243. The van der Waals surface area contributed by atoms with Crippen molar-refractivity contribution in [1.82, 2.24) is 0 Å². The minimum Gasteiger partial charge on any atom is -0.382 e. The Labute approximate surface area is 103 Å². The van der Waals surface area contributed by atoms with Gasteiger partial charge in [0.15, 0.2) is 0 Å². The van der Waals surface area contributed by atoms with Crippen molar-refractivity contribution < 1.29 is 22.6 Å². The molecule has 0 saturated carbocycles. The highest BCUT2D eigenvalue weighted by Crippen LogP contribution is 1.94. The van der Waals surface area contributed by atoms with Crippen molar-refractivity contribution in [2.45, 2.75) is 19.3 Å². The number of unbranched alkanes of at least 4 members (excludes halogenated alkanes) is 1. The maximum Gasteiger partial charge on any atom is 0.209 e. The maximum atomic E-state index is 10.6. The van der Waals surface area contributed by atoms with E-state index in [1.54, 1.807) is 7.11 Å². The topological polar surface area (TPSA) is 87.8 Å². The highest BCUT2D eigenvalue weighted by Gasteiger charge is 2.01. The van der Waals surface area contributed by atoms with E-state index in [0.29, 0.717) is 45.9 Å². The molecule has 104 valence electrons. The summed E-state index contributed by atoms with van der Waals surface area (Å²) in [5.41, 5.74) is 0. The van der Waals surface area contributed by atoms with Crippen LogP contribution in [0, 0.1) is 0 Å². The molecule has 0 aliphatic heterocycles. The number of sulfonamides is 1. The van der Waals surface area contributed by atoms with Crippen LogP contribution in [0.2, 0.25) is 0 Å². The van der Waals surface area contributed by atoms with E-state index in [-0.39, 0.29) is 5.75 Å². The van der Waals surface area contributed by atoms with Crippen LogP contribution in [0.25, 0.3) is 0 Å². The number of nitrogens with two attached hydrogens (primary N) is 1. The van der Waals surface area contributed by atoms with Crippen molar-refractivity contribution in [2.24, 2.45) is 5.14 Å². The molecule has 0 aromatic carbocycles. The molecule has 0 rings (SSSR count). The SMILES string of the molecule is COCCOCCCOCCCCS(N)(=O)=O. The molecule has 0 aromatic heterocycles. The van der Waals surface area contributed by atoms with Gasteiger partial charge in [-0.2, -0.15) is 0 Å². The molecular formula is C10H23NO5S. The van der Waals surface area contributed by atoms with Crippen LogP contribution in [0.4, 0.5) is 0 Å². The summed E-state index contributed by atoms with van der Waals surface area (Å²) in [4.78, 5) is 0. The number of rotatable bonds is 12. The zero-order valence-electron chi connectivity index (χ0n) is 10.4. The highest BCUT2D eigenvalue weighted by molar-refractivity contribution is 7.89. The van der Waals surface area contributed by atoms with Gasteiger partial charge in [0.2, 0.25) is 10.0 Å². The maximum absolute atomic E-state index is 10.6. The highest BCUT2D eigenvalue weighted by atomic mass is 32.2. The van der Waals surface area contributed by atoms with Crippen molar-refractivity contribution in [1.29, 1.82) is 0 Å². The van der Waals surface area contributed by atoms with E-state index in [9.17, 15) is 8.42 Å². The monoisotopic (exact) mass is 269 g/mol. The molecule has 0 heterocycles. The number of hydrogen-bond acceptors (Lipinski definition) is 5. The molecule has 0 aromatic rings. The Kier molecular flexibility index (Phi) is 10.8. The molecule has 0 saturated heterocycles. The third kappa shape index (κ3) is 15.8. The van der Waals surface area contributed by atoms with Gasteiger partial charge in [-0.25, -0.2) is 13.6 Å². The first-order chi connectivity index (χ1) is 8.06. The third-order valence-corrected chi connectivity index (χ3v) is 2.83. The number of primary sulfonamides is 1. The summed E-state index contributed by atoms with van der Waals surface area (Å²) >= 11 is 0. The lowest BCUT2D eigenvalue weighted by Crippen LogP contribution is -2.16. The summed E-state index contributed by atoms with van der Waals surface area (Å²) < 4.78 is 36.6. The first kappa shape index (κ1) is 16.8. The largest absolute Gasteiger partial charge is 0.382 e. The van der Waals surface area contributed by atoms with Crippen LogP contribution < -0.4 is 5.14 Å². The lowest BCUT2D eigenvalue weighted by atomic mass is 10.3. The Balaban J connectivity index is 3.04. The summed E-state index contributed by atoms with van der Waals surface area (Å²) in [5, 5.41) is 4.86. The molecule has 17 heavy (non-hydrogen) atoms. The van der Waals surface area contributed by atoms with Crippen LogP contribution in [0.3, 0.4) is 0 Å². The third-order valence-electron chi connectivity index (χ3n) is 1.98. The molecule has 0 aliphatic rings. The smallest absolute Gasteiger partial charge is 0.209 e. The van der Waals surface area contributed by atoms with Gasteiger partial charge in [-0.05, 0) is 19.3 Å². The van der Waals surface area contributed by atoms with Crippen LogP contribution in [0.5, 0.6) is 0 Å². The summed E-state index contributed by atoms with van der Waals surface area (Å²) in [6, 6.07) is 0. The standard InChI is InChI=1S/C10H23NO5S/c1-14-8-9-16-7-4-6-15-5-2-3-10-17(11,12)13/h2-10H2,1H3,(H2,11,12,13). The van der Waals surface area contributed by atoms with E-state index in [2.05, 4.69) is 0 Å². The minimum atomic E-state index is -3.32. The first-order valence-corrected chi connectivity index (χ1v) is 7.42. The van der Waals surface area contributed by atoms with Crippen LogP contribution in [-0.4, -0.2) is 54.3 Å². The fourth-order valence-electron chi connectivity index (χ4n) is 1.12. The molecule has 2 N–H and O–H groups in total. The van der Waals surface area contributed by atoms with Gasteiger partial charge in [-0.1, -0.05) is 0 Å². The van der Waals surface area contributed by atoms with Crippen LogP contribution in [-0.2, 0) is 24.2 Å². The molecule has 0 aliphatic carbocycles. The Morgan fingerprint density at radius 1 is 0.882 bits per heavy atom. The van der Waals surface area contributed by atoms with Gasteiger partial charge < -0.3 is 14.2 Å². The van der Waals surface area contributed by atoms with Crippen LogP contribution in [0.15, 0.2) is 0 Å². The molecule has 0 amide bonds. The second-order valence-corrected chi connectivity index (χ2v) is 5.38. The van der Waals surface area contributed by atoms with E-state index in [0.717, 1.165) is 6.42 Å². The average Bonchev–Trinajstić information content (AvgIpc) is 2.24. The molecule has 0 spiro atoms. The second kappa shape index (κ2) is 10.9. The van der Waals surface area contributed by atoms with E-state index < -0.39 is 10.0 Å². The van der Waals surface area contributed by atoms with Gasteiger partial charge in [-0.15, -0.1) is 0 Å². The first-order valence-electron chi connectivity index (χ1n) is 5.71. The lowest BCUT2D eigenvalue weighted by molar-refractivity contribution is 0.0510. The van der Waals surface area contributed by atoms with Crippen molar-refractivity contribution in [3.05, 3.63) is 0 Å². The molecule has 0 bridgehead atoms. The minimum absolute atomic E-state index is 0.0243. The van der Waals surface area contributed by atoms with Gasteiger partial charge in [-0.3, -0.25) is 0 Å². The summed E-state index contributed by atoms with van der Waals surface area (Å²) in [6.45, 7) is 3.05. The normalized spacial score (nSPS) is 11.9. The van der Waals surface area contributed by atoms with E-state index in [4.69, 9.17) is 19.3 Å². The van der Waals surface area contributed by atoms with Gasteiger partial charge in [0, 0.05) is 26.9 Å². The molecule has 6 nitrogen and oxygen atoms in total. The zero-order chi connectivity index (χ0) is 13.0. The predicted octanol–water partition coefficient (Wildman–Crippen LogP) is 0.125. The number of ether oxygens (including phenoxy) is 3.